The summed E-state index contributed by atoms with van der Waals surface area (Å²) in [6, 6.07) is 11.4. The molecule has 0 atom stereocenters. The van der Waals surface area contributed by atoms with Crippen LogP contribution < -0.4 is 21.3 Å². The Kier molecular flexibility index (Phi) is 6.29. The van der Waals surface area contributed by atoms with Crippen molar-refractivity contribution in [3.8, 4) is 0 Å². The van der Waals surface area contributed by atoms with E-state index in [9.17, 15) is 9.18 Å². The first-order chi connectivity index (χ1) is 13.6. The zero-order valence-electron chi connectivity index (χ0n) is 15.2. The summed E-state index contributed by atoms with van der Waals surface area (Å²) in [5.74, 6) is 0.836. The number of nitrogens with zero attached hydrogens (tertiary/aromatic N) is 3. The zero-order chi connectivity index (χ0) is 19.8. The summed E-state index contributed by atoms with van der Waals surface area (Å²) in [6.07, 6.45) is 3.37. The smallest absolute Gasteiger partial charge is 0.319 e. The average molecular weight is 381 g/mol. The van der Waals surface area contributed by atoms with Gasteiger partial charge in [0.25, 0.3) is 0 Å². The molecule has 0 fully saturated rings. The molecule has 3 aromatic rings. The Morgan fingerprint density at radius 1 is 0.964 bits per heavy atom. The molecule has 4 N–H and O–H groups in total. The number of aryl methyl sites for hydroxylation is 1. The summed E-state index contributed by atoms with van der Waals surface area (Å²) < 4.78 is 13.5. The van der Waals surface area contributed by atoms with Gasteiger partial charge in [0, 0.05) is 36.9 Å². The molecular formula is C19H20FN7O. The number of hydrogen-bond acceptors (Lipinski definition) is 6. The summed E-state index contributed by atoms with van der Waals surface area (Å²) in [5.41, 5.74) is 1.80. The van der Waals surface area contributed by atoms with Gasteiger partial charge >= 0.3 is 6.03 Å². The third kappa shape index (κ3) is 5.63. The summed E-state index contributed by atoms with van der Waals surface area (Å²) in [5, 5.41) is 19.6. The average Bonchev–Trinajstić information content (AvgIpc) is 2.70. The van der Waals surface area contributed by atoms with Gasteiger partial charge in [-0.15, -0.1) is 10.2 Å². The van der Waals surface area contributed by atoms with Crippen LogP contribution in [0.1, 0.15) is 5.56 Å². The minimum absolute atomic E-state index is 0.360. The zero-order valence-corrected chi connectivity index (χ0v) is 15.2. The van der Waals surface area contributed by atoms with Crippen LogP contribution in [0.2, 0.25) is 0 Å². The maximum atomic E-state index is 13.5. The number of nitrogens with one attached hydrogen (secondary N) is 4. The predicted molar refractivity (Wildman–Crippen MR) is 106 cm³/mol. The lowest BCUT2D eigenvalue weighted by Crippen LogP contribution is -2.32. The second-order valence-electron chi connectivity index (χ2n) is 5.94. The number of halogens is 1. The number of anilines is 4. The van der Waals surface area contributed by atoms with E-state index in [1.54, 1.807) is 43.6 Å². The fraction of sp³-hybridized carbons (Fsp3) is 0.158. The van der Waals surface area contributed by atoms with E-state index in [0.717, 1.165) is 5.69 Å². The molecule has 2 amide bonds. The molecule has 8 nitrogen and oxygen atoms in total. The van der Waals surface area contributed by atoms with Crippen LogP contribution in [0.15, 0.2) is 54.9 Å². The van der Waals surface area contributed by atoms with E-state index in [-0.39, 0.29) is 5.82 Å². The Bertz CT molecular complexity index is 919. The van der Waals surface area contributed by atoms with Crippen LogP contribution in [-0.2, 0) is 0 Å². The highest BCUT2D eigenvalue weighted by atomic mass is 19.1. The first-order valence-corrected chi connectivity index (χ1v) is 8.66. The van der Waals surface area contributed by atoms with Gasteiger partial charge in [0.15, 0.2) is 5.82 Å². The van der Waals surface area contributed by atoms with Crippen LogP contribution in [0.4, 0.5) is 32.2 Å². The molecule has 2 heterocycles. The van der Waals surface area contributed by atoms with Gasteiger partial charge in [0.1, 0.15) is 11.6 Å². The van der Waals surface area contributed by atoms with E-state index >= 15 is 0 Å². The number of aromatic nitrogens is 3. The van der Waals surface area contributed by atoms with Gasteiger partial charge in [0.05, 0.1) is 0 Å². The Hall–Kier alpha value is -3.75. The van der Waals surface area contributed by atoms with E-state index in [2.05, 4.69) is 36.4 Å². The SMILES string of the molecule is Cc1ccc(NC(=O)NCCNc2ccc(Nc3ccncc3)nn2)cc1F. The van der Waals surface area contributed by atoms with Crippen molar-refractivity contribution in [2.45, 2.75) is 6.92 Å². The predicted octanol–water partition coefficient (Wildman–Crippen LogP) is 3.30. The number of amides is 2. The highest BCUT2D eigenvalue weighted by molar-refractivity contribution is 5.89. The maximum absolute atomic E-state index is 13.5. The van der Waals surface area contributed by atoms with Crippen molar-refractivity contribution < 1.29 is 9.18 Å². The number of carbonyl (C=O) groups is 1. The third-order valence-corrected chi connectivity index (χ3v) is 3.76. The van der Waals surface area contributed by atoms with Crippen LogP contribution in [0.25, 0.3) is 0 Å². The Balaban J connectivity index is 1.38. The van der Waals surface area contributed by atoms with Gasteiger partial charge in [-0.05, 0) is 48.9 Å². The van der Waals surface area contributed by atoms with Crippen molar-refractivity contribution in [3.05, 3.63) is 66.2 Å². The molecule has 2 aromatic heterocycles. The van der Waals surface area contributed by atoms with Gasteiger partial charge in [0.2, 0.25) is 0 Å². The Morgan fingerprint density at radius 3 is 2.43 bits per heavy atom. The number of pyridine rings is 1. The molecule has 0 spiro atoms. The van der Waals surface area contributed by atoms with Crippen molar-refractivity contribution in [2.24, 2.45) is 0 Å². The van der Waals surface area contributed by atoms with E-state index in [4.69, 9.17) is 0 Å². The van der Waals surface area contributed by atoms with Crippen LogP contribution in [0, 0.1) is 12.7 Å². The highest BCUT2D eigenvalue weighted by Gasteiger charge is 2.04. The third-order valence-electron chi connectivity index (χ3n) is 3.76. The molecule has 0 saturated carbocycles. The van der Waals surface area contributed by atoms with Crippen molar-refractivity contribution in [1.82, 2.24) is 20.5 Å². The van der Waals surface area contributed by atoms with E-state index < -0.39 is 6.03 Å². The standard InChI is InChI=1S/C19H20FN7O/c1-13-2-3-15(12-16(13)20)25-19(28)23-11-10-22-17-4-5-18(27-26-17)24-14-6-8-21-9-7-14/h2-9,12H,10-11H2,1H3,(H,22,26)(H,21,24,27)(H2,23,25,28). The monoisotopic (exact) mass is 381 g/mol. The van der Waals surface area contributed by atoms with Crippen molar-refractivity contribution >= 4 is 29.0 Å². The van der Waals surface area contributed by atoms with Crippen LogP contribution in [0.5, 0.6) is 0 Å². The Morgan fingerprint density at radius 2 is 1.71 bits per heavy atom. The first kappa shape index (κ1) is 19.0. The molecule has 0 radical (unpaired) electrons. The minimum atomic E-state index is -0.409. The van der Waals surface area contributed by atoms with Crippen LogP contribution in [0.3, 0.4) is 0 Å². The second-order valence-corrected chi connectivity index (χ2v) is 5.94. The van der Waals surface area contributed by atoms with Crippen molar-refractivity contribution in [2.75, 3.05) is 29.0 Å². The largest absolute Gasteiger partial charge is 0.367 e. The number of benzene rings is 1. The molecule has 0 aliphatic heterocycles. The molecule has 0 bridgehead atoms. The van der Waals surface area contributed by atoms with Gasteiger partial charge in [-0.2, -0.15) is 0 Å². The lowest BCUT2D eigenvalue weighted by Gasteiger charge is -2.10. The minimum Gasteiger partial charge on any atom is -0.367 e. The van der Waals surface area contributed by atoms with Crippen molar-refractivity contribution in [1.29, 1.82) is 0 Å². The molecule has 144 valence electrons. The fourth-order valence-electron chi connectivity index (χ4n) is 2.29. The lowest BCUT2D eigenvalue weighted by molar-refractivity contribution is 0.252. The van der Waals surface area contributed by atoms with E-state index in [1.165, 1.54) is 6.07 Å². The first-order valence-electron chi connectivity index (χ1n) is 8.66. The maximum Gasteiger partial charge on any atom is 0.319 e. The quantitative estimate of drug-likeness (QED) is 0.468. The molecule has 28 heavy (non-hydrogen) atoms. The molecular weight excluding hydrogens is 361 g/mol. The molecule has 0 saturated heterocycles. The molecule has 0 unspecified atom stereocenters. The second kappa shape index (κ2) is 9.26. The lowest BCUT2D eigenvalue weighted by atomic mass is 10.2. The summed E-state index contributed by atoms with van der Waals surface area (Å²) in [4.78, 5) is 15.8. The molecule has 0 aliphatic rings. The molecule has 9 heteroatoms. The summed E-state index contributed by atoms with van der Waals surface area (Å²) >= 11 is 0. The topological polar surface area (TPSA) is 104 Å². The van der Waals surface area contributed by atoms with Gasteiger partial charge in [-0.1, -0.05) is 6.07 Å². The normalized spacial score (nSPS) is 10.2. The molecule has 0 aliphatic carbocycles. The Labute approximate surface area is 161 Å². The molecule has 3 rings (SSSR count). The highest BCUT2D eigenvalue weighted by Crippen LogP contribution is 2.14. The number of hydrogen-bond donors (Lipinski definition) is 4. The molecule has 1 aromatic carbocycles. The number of rotatable bonds is 7. The number of carbonyl (C=O) groups excluding carboxylic acids is 1. The van der Waals surface area contributed by atoms with E-state index in [0.29, 0.717) is 36.0 Å². The fourth-order valence-corrected chi connectivity index (χ4v) is 2.29. The van der Waals surface area contributed by atoms with E-state index in [1.807, 2.05) is 12.1 Å². The van der Waals surface area contributed by atoms with Gasteiger partial charge in [-0.3, -0.25) is 4.98 Å². The van der Waals surface area contributed by atoms with Crippen LogP contribution >= 0.6 is 0 Å². The summed E-state index contributed by atoms with van der Waals surface area (Å²) in [7, 11) is 0. The summed E-state index contributed by atoms with van der Waals surface area (Å²) in [6.45, 7) is 2.48. The van der Waals surface area contributed by atoms with Gasteiger partial charge < -0.3 is 21.3 Å². The van der Waals surface area contributed by atoms with Crippen LogP contribution in [-0.4, -0.2) is 34.3 Å². The number of urea groups is 1. The van der Waals surface area contributed by atoms with Crippen molar-refractivity contribution in [3.63, 3.8) is 0 Å². The van der Waals surface area contributed by atoms with Gasteiger partial charge in [-0.25, -0.2) is 9.18 Å².